The van der Waals surface area contributed by atoms with Crippen molar-refractivity contribution in [2.24, 2.45) is 0 Å². The van der Waals surface area contributed by atoms with Crippen molar-refractivity contribution in [1.82, 2.24) is 5.32 Å². The van der Waals surface area contributed by atoms with Crippen LogP contribution in [0.4, 0.5) is 5.69 Å². The third-order valence-corrected chi connectivity index (χ3v) is 4.89. The predicted molar refractivity (Wildman–Crippen MR) is 112 cm³/mol. The standard InChI is InChI=1S/C23H28N2O4/c1-16-9-10-17(2)21(14-16)29-13-11-22(26)25-20-8-4-3-7-19(20)23(27)24-15-18-6-5-12-28-18/h3-4,7-10,14,18H,5-6,11-13,15H2,1-2H3,(H,24,27)(H,25,26). The van der Waals surface area contributed by atoms with E-state index in [2.05, 4.69) is 10.6 Å². The second-order valence-corrected chi connectivity index (χ2v) is 7.31. The number of anilines is 1. The number of benzene rings is 2. The number of rotatable bonds is 8. The highest BCUT2D eigenvalue weighted by Crippen LogP contribution is 2.20. The number of ether oxygens (including phenoxy) is 2. The molecule has 3 rings (SSSR count). The first-order valence-corrected chi connectivity index (χ1v) is 10.0. The molecular weight excluding hydrogens is 368 g/mol. The van der Waals surface area contributed by atoms with E-state index in [4.69, 9.17) is 9.47 Å². The maximum absolute atomic E-state index is 12.5. The van der Waals surface area contributed by atoms with E-state index in [0.29, 0.717) is 17.8 Å². The van der Waals surface area contributed by atoms with Gasteiger partial charge in [0.1, 0.15) is 5.75 Å². The van der Waals surface area contributed by atoms with Crippen molar-refractivity contribution in [3.05, 3.63) is 59.2 Å². The van der Waals surface area contributed by atoms with E-state index in [1.165, 1.54) is 0 Å². The molecule has 2 amide bonds. The molecule has 6 nitrogen and oxygen atoms in total. The molecule has 2 N–H and O–H groups in total. The highest BCUT2D eigenvalue weighted by Gasteiger charge is 2.18. The molecule has 2 aromatic rings. The van der Waals surface area contributed by atoms with Crippen LogP contribution >= 0.6 is 0 Å². The Bertz CT molecular complexity index is 860. The van der Waals surface area contributed by atoms with Gasteiger partial charge in [0.15, 0.2) is 0 Å². The molecule has 0 aliphatic carbocycles. The number of para-hydroxylation sites is 1. The first-order valence-electron chi connectivity index (χ1n) is 10.0. The van der Waals surface area contributed by atoms with Crippen LogP contribution in [0.3, 0.4) is 0 Å². The summed E-state index contributed by atoms with van der Waals surface area (Å²) in [6, 6.07) is 13.0. The van der Waals surface area contributed by atoms with Gasteiger partial charge in [0, 0.05) is 13.2 Å². The van der Waals surface area contributed by atoms with Gasteiger partial charge in [-0.3, -0.25) is 9.59 Å². The Morgan fingerprint density at radius 1 is 1.17 bits per heavy atom. The van der Waals surface area contributed by atoms with Crippen molar-refractivity contribution >= 4 is 17.5 Å². The molecule has 1 saturated heterocycles. The zero-order valence-electron chi connectivity index (χ0n) is 17.0. The van der Waals surface area contributed by atoms with Crippen LogP contribution in [0, 0.1) is 13.8 Å². The molecule has 0 bridgehead atoms. The molecule has 1 aliphatic rings. The van der Waals surface area contributed by atoms with Crippen LogP contribution in [0.5, 0.6) is 5.75 Å². The van der Waals surface area contributed by atoms with Crippen molar-refractivity contribution in [2.45, 2.75) is 39.2 Å². The molecule has 154 valence electrons. The molecular formula is C23H28N2O4. The lowest BCUT2D eigenvalue weighted by atomic mass is 10.1. The molecule has 0 radical (unpaired) electrons. The Morgan fingerprint density at radius 2 is 2.00 bits per heavy atom. The maximum atomic E-state index is 12.5. The lowest BCUT2D eigenvalue weighted by molar-refractivity contribution is -0.116. The van der Waals surface area contributed by atoms with Gasteiger partial charge in [-0.05, 0) is 56.0 Å². The van der Waals surface area contributed by atoms with Gasteiger partial charge in [0.05, 0.1) is 30.4 Å². The number of amides is 2. The summed E-state index contributed by atoms with van der Waals surface area (Å²) in [5, 5.41) is 5.71. The van der Waals surface area contributed by atoms with Crippen molar-refractivity contribution < 1.29 is 19.1 Å². The van der Waals surface area contributed by atoms with E-state index in [1.54, 1.807) is 24.3 Å². The van der Waals surface area contributed by atoms with E-state index in [9.17, 15) is 9.59 Å². The zero-order chi connectivity index (χ0) is 20.6. The van der Waals surface area contributed by atoms with Gasteiger partial charge in [0.25, 0.3) is 5.91 Å². The Labute approximate surface area is 171 Å². The van der Waals surface area contributed by atoms with Crippen LogP contribution in [-0.2, 0) is 9.53 Å². The second-order valence-electron chi connectivity index (χ2n) is 7.31. The normalized spacial score (nSPS) is 15.7. The summed E-state index contributed by atoms with van der Waals surface area (Å²) in [4.78, 5) is 24.9. The molecule has 1 aliphatic heterocycles. The summed E-state index contributed by atoms with van der Waals surface area (Å²) in [6.45, 7) is 5.46. The Balaban J connectivity index is 1.52. The number of carbonyl (C=O) groups is 2. The van der Waals surface area contributed by atoms with Gasteiger partial charge in [-0.2, -0.15) is 0 Å². The summed E-state index contributed by atoms with van der Waals surface area (Å²) in [6.07, 6.45) is 2.25. The molecule has 0 saturated carbocycles. The Hall–Kier alpha value is -2.86. The third-order valence-electron chi connectivity index (χ3n) is 4.89. The first kappa shape index (κ1) is 20.9. The first-order chi connectivity index (χ1) is 14.0. The SMILES string of the molecule is Cc1ccc(C)c(OCCC(=O)Nc2ccccc2C(=O)NCC2CCCO2)c1. The molecule has 1 heterocycles. The van der Waals surface area contributed by atoms with E-state index in [1.807, 2.05) is 32.0 Å². The van der Waals surface area contributed by atoms with E-state index < -0.39 is 0 Å². The van der Waals surface area contributed by atoms with Crippen molar-refractivity contribution in [3.8, 4) is 5.75 Å². The summed E-state index contributed by atoms with van der Waals surface area (Å²) < 4.78 is 11.3. The fourth-order valence-corrected chi connectivity index (χ4v) is 3.23. The minimum Gasteiger partial charge on any atom is -0.493 e. The van der Waals surface area contributed by atoms with Crippen LogP contribution in [-0.4, -0.2) is 37.7 Å². The minimum atomic E-state index is -0.219. The summed E-state index contributed by atoms with van der Waals surface area (Å²) in [5.74, 6) is 0.365. The number of hydrogen-bond donors (Lipinski definition) is 2. The monoisotopic (exact) mass is 396 g/mol. The third kappa shape index (κ3) is 6.06. The average molecular weight is 396 g/mol. The van der Waals surface area contributed by atoms with E-state index in [-0.39, 0.29) is 30.9 Å². The zero-order valence-corrected chi connectivity index (χ0v) is 17.0. The van der Waals surface area contributed by atoms with Crippen LogP contribution in [0.1, 0.15) is 40.7 Å². The highest BCUT2D eigenvalue weighted by atomic mass is 16.5. The molecule has 2 aromatic carbocycles. The summed E-state index contributed by atoms with van der Waals surface area (Å²) >= 11 is 0. The van der Waals surface area contributed by atoms with Gasteiger partial charge in [-0.1, -0.05) is 24.3 Å². The molecule has 6 heteroatoms. The number of carbonyl (C=O) groups excluding carboxylic acids is 2. The largest absolute Gasteiger partial charge is 0.493 e. The van der Waals surface area contributed by atoms with Gasteiger partial charge in [-0.15, -0.1) is 0 Å². The second kappa shape index (κ2) is 10.1. The highest BCUT2D eigenvalue weighted by molar-refractivity contribution is 6.03. The maximum Gasteiger partial charge on any atom is 0.253 e. The summed E-state index contributed by atoms with van der Waals surface area (Å²) in [7, 11) is 0. The molecule has 29 heavy (non-hydrogen) atoms. The predicted octanol–water partition coefficient (Wildman–Crippen LogP) is 3.62. The molecule has 1 unspecified atom stereocenters. The van der Waals surface area contributed by atoms with Crippen molar-refractivity contribution in [2.75, 3.05) is 25.1 Å². The van der Waals surface area contributed by atoms with Gasteiger partial charge in [-0.25, -0.2) is 0 Å². The molecule has 1 fully saturated rings. The summed E-state index contributed by atoms with van der Waals surface area (Å²) in [5.41, 5.74) is 3.07. The molecule has 0 aromatic heterocycles. The number of hydrogen-bond acceptors (Lipinski definition) is 4. The van der Waals surface area contributed by atoms with Crippen LogP contribution in [0.2, 0.25) is 0 Å². The van der Waals surface area contributed by atoms with E-state index >= 15 is 0 Å². The number of nitrogens with one attached hydrogen (secondary N) is 2. The Kier molecular flexibility index (Phi) is 7.25. The van der Waals surface area contributed by atoms with Gasteiger partial charge in [0.2, 0.25) is 5.91 Å². The van der Waals surface area contributed by atoms with Crippen molar-refractivity contribution in [1.29, 1.82) is 0 Å². The lowest BCUT2D eigenvalue weighted by Gasteiger charge is -2.14. The minimum absolute atomic E-state index is 0.0722. The van der Waals surface area contributed by atoms with Crippen LogP contribution in [0.15, 0.2) is 42.5 Å². The van der Waals surface area contributed by atoms with Crippen LogP contribution < -0.4 is 15.4 Å². The average Bonchev–Trinajstić information content (AvgIpc) is 3.23. The smallest absolute Gasteiger partial charge is 0.253 e. The quantitative estimate of drug-likeness (QED) is 0.715. The topological polar surface area (TPSA) is 76.7 Å². The van der Waals surface area contributed by atoms with Crippen LogP contribution in [0.25, 0.3) is 0 Å². The lowest BCUT2D eigenvalue weighted by Crippen LogP contribution is -2.32. The van der Waals surface area contributed by atoms with Gasteiger partial charge < -0.3 is 20.1 Å². The fourth-order valence-electron chi connectivity index (χ4n) is 3.23. The Morgan fingerprint density at radius 3 is 2.79 bits per heavy atom. The fraction of sp³-hybridized carbons (Fsp3) is 0.391. The van der Waals surface area contributed by atoms with E-state index in [0.717, 1.165) is 36.3 Å². The van der Waals surface area contributed by atoms with Gasteiger partial charge >= 0.3 is 0 Å². The number of aryl methyl sites for hydroxylation is 2. The molecule has 0 spiro atoms. The molecule has 1 atom stereocenters. The van der Waals surface area contributed by atoms with Crippen molar-refractivity contribution in [3.63, 3.8) is 0 Å².